The van der Waals surface area contributed by atoms with Crippen LogP contribution in [0.3, 0.4) is 0 Å². The molecule has 414 valence electrons. The second-order valence-electron chi connectivity index (χ2n) is 12.8. The maximum absolute atomic E-state index is 11.0. The molecule has 5 N–H and O–H groups in total. The number of hydrogen-bond acceptors (Lipinski definition) is 26. The molecular weight excluding hydrogens is 1470 g/mol. The van der Waals surface area contributed by atoms with E-state index in [1.54, 1.807) is 18.2 Å². The fourth-order valence-corrected chi connectivity index (χ4v) is 10.2. The molecule has 2 atom stereocenters. The van der Waals surface area contributed by atoms with E-state index < -0.39 is 24.0 Å². The molecule has 0 saturated heterocycles. The Kier molecular flexibility index (Phi) is 76.6. The van der Waals surface area contributed by atoms with Crippen molar-refractivity contribution in [2.45, 2.75) is 32.9 Å². The first kappa shape index (κ1) is 97.4. The summed E-state index contributed by atoms with van der Waals surface area (Å²) in [6, 6.07) is 19.0. The van der Waals surface area contributed by atoms with Crippen molar-refractivity contribution in [2.24, 2.45) is 10.7 Å². The molecule has 7 rings (SSSR count). The maximum atomic E-state index is 11.0. The molecule has 1 unspecified atom stereocenters. The Balaban J connectivity index is -0.000000137. The minimum atomic E-state index is -1.00. The van der Waals surface area contributed by atoms with Crippen LogP contribution in [0.1, 0.15) is 37.2 Å². The number of phenols is 1. The van der Waals surface area contributed by atoms with Gasteiger partial charge in [0.15, 0.2) is 16.1 Å². The number of aromatic nitrogens is 3. The second-order valence-corrected chi connectivity index (χ2v) is 21.8. The normalized spacial score (nSPS) is 11.1. The van der Waals surface area contributed by atoms with Gasteiger partial charge < -0.3 is 76.2 Å². The molecular formula is C44H52Cl2IK4N7NaO13S8+. The molecule has 0 spiro atoms. The van der Waals surface area contributed by atoms with Crippen LogP contribution >= 0.6 is 118 Å². The first-order valence-electron chi connectivity index (χ1n) is 21.0. The SMILES string of the molecule is CCSCCCl.CCSCCOc1ccc2nc(C#N)sc2c1.CCSCCOc1ccc2nc(C3=N[C@@H](C(=O)O)CS3)sc2c1.Cl.N#Cc1nc2ccc(O)cc2s1.NC(CS)C(=O)O.O=CO[O-].O=CO[O-].[H-].[I-].[K+].[K+].[K+].[K+].[Na+]. The number of aromatic hydroxyl groups is 1. The van der Waals surface area contributed by atoms with E-state index >= 15 is 0 Å². The second kappa shape index (κ2) is 62.9. The zero-order valence-electron chi connectivity index (χ0n) is 45.9. The number of rotatable bonds is 19. The third kappa shape index (κ3) is 43.5. The smallest absolute Gasteiger partial charge is 1.00 e. The van der Waals surface area contributed by atoms with Crippen LogP contribution < -0.4 is 285 Å². The predicted octanol–water partition coefficient (Wildman–Crippen LogP) is -10.7. The number of thiazole rings is 3. The van der Waals surface area contributed by atoms with E-state index in [2.05, 4.69) is 69.2 Å². The summed E-state index contributed by atoms with van der Waals surface area (Å²) in [5.74, 6) is 7.94. The summed E-state index contributed by atoms with van der Waals surface area (Å²) in [4.78, 5) is 60.2. The van der Waals surface area contributed by atoms with Gasteiger partial charge in [0.05, 0.1) is 43.9 Å². The molecule has 0 saturated carbocycles. The summed E-state index contributed by atoms with van der Waals surface area (Å²) in [7, 11) is 0. The molecule has 0 bridgehead atoms. The number of aliphatic carboxylic acids is 2. The van der Waals surface area contributed by atoms with Gasteiger partial charge in [-0.05, 0) is 71.9 Å². The Labute approximate surface area is 720 Å². The van der Waals surface area contributed by atoms with Crippen molar-refractivity contribution in [1.29, 1.82) is 10.5 Å². The molecule has 20 nitrogen and oxygen atoms in total. The van der Waals surface area contributed by atoms with Gasteiger partial charge in [-0.3, -0.25) is 19.4 Å². The Morgan fingerprint density at radius 2 is 1.21 bits per heavy atom. The number of phenolic OH excluding ortho intramolecular Hbond substituents is 1. The number of hydrogen-bond donors (Lipinski definition) is 5. The monoisotopic (exact) mass is 1520 g/mol. The topological polar surface area (TPSA) is 337 Å². The maximum Gasteiger partial charge on any atom is 1.00 e. The number of nitrogens with two attached hydrogens (primary N) is 1. The first-order chi connectivity index (χ1) is 35.2. The van der Waals surface area contributed by atoms with Crippen LogP contribution in [-0.4, -0.2) is 137 Å². The number of carboxylic acids is 2. The Morgan fingerprint density at radius 1 is 0.800 bits per heavy atom. The molecule has 0 amide bonds. The van der Waals surface area contributed by atoms with Crippen molar-refractivity contribution < 1.29 is 325 Å². The van der Waals surface area contributed by atoms with Gasteiger partial charge in [0.25, 0.3) is 12.9 Å². The van der Waals surface area contributed by atoms with Gasteiger partial charge in [-0.2, -0.15) is 58.4 Å². The Hall–Kier alpha value is 3.75. The van der Waals surface area contributed by atoms with E-state index in [1.165, 1.54) is 51.5 Å². The number of halogens is 3. The predicted molar refractivity (Wildman–Crippen MR) is 303 cm³/mol. The quantitative estimate of drug-likeness (QED) is 0.00735. The number of carboxylic acid groups (broad SMARTS) is 2. The molecule has 0 aliphatic carbocycles. The van der Waals surface area contributed by atoms with Gasteiger partial charge in [0, 0.05) is 34.6 Å². The number of benzene rings is 3. The standard InChI is InChI=1S/C15H16N2O3S3.C12H12N2OS2.C8H4N2OS.C4H9ClS.C3H7NO2S.2CH2O3.ClH.HI.4K.Na.H/c1-2-21-6-5-20-9-3-4-10-12(7-9)23-14(16-10)13-17-11(8-22-13)15(18)19;1-2-16-6-5-15-9-3-4-10-11(7-9)17-12(8-13)14-10;9-4-8-10-6-2-1-5(11)3-7(6)12-8;1-2-6-4-3-5;4-2(1-7)3(5)6;2*2-1-4-3;;;;;;;;/h3-4,7,11H,2,5-6,8H2,1H3,(H,18,19);3-4,7H,2,5-6H2,1H3;1-3,11H;2-4H2,1H3;2,7H,1,4H2,(H,5,6);2*1,3H;2*1H;;;;;;/q;;;;;;;;;5*+1;-1/p-3/t11-;;;;;;;;;;;;;;/m1............../s1. The van der Waals surface area contributed by atoms with E-state index in [9.17, 15) is 9.59 Å². The summed E-state index contributed by atoms with van der Waals surface area (Å²) in [5.41, 5.74) is 7.45. The van der Waals surface area contributed by atoms with E-state index in [1.807, 2.05) is 77.8 Å². The van der Waals surface area contributed by atoms with E-state index in [-0.39, 0.29) is 297 Å². The largest absolute Gasteiger partial charge is 1.00 e. The van der Waals surface area contributed by atoms with Crippen molar-refractivity contribution in [3.05, 3.63) is 69.6 Å². The zero-order valence-corrected chi connectivity index (χ0v) is 69.8. The number of thioether (sulfide) groups is 4. The third-order valence-corrected chi connectivity index (χ3v) is 15.3. The molecule has 3 aromatic heterocycles. The number of aliphatic imine (C=N–C) groups is 1. The molecule has 0 fully saturated rings. The van der Waals surface area contributed by atoms with Crippen LogP contribution in [-0.2, 0) is 29.0 Å². The van der Waals surface area contributed by atoms with Crippen LogP contribution in [0, 0.1) is 22.7 Å². The fraction of sp³-hybridized carbons (Fsp3) is 0.364. The van der Waals surface area contributed by atoms with Crippen molar-refractivity contribution in [2.75, 3.05) is 65.1 Å². The van der Waals surface area contributed by atoms with E-state index in [4.69, 9.17) is 72.8 Å². The number of nitriles is 2. The van der Waals surface area contributed by atoms with E-state index in [0.29, 0.717) is 29.0 Å². The van der Waals surface area contributed by atoms with Gasteiger partial charge >= 0.3 is 247 Å². The number of alkyl halides is 1. The van der Waals surface area contributed by atoms with Crippen molar-refractivity contribution in [3.63, 3.8) is 0 Å². The van der Waals surface area contributed by atoms with Gasteiger partial charge in [-0.25, -0.2) is 19.7 Å². The summed E-state index contributed by atoms with van der Waals surface area (Å²) in [6.45, 7) is 7.45. The van der Waals surface area contributed by atoms with Crippen LogP contribution in [0.25, 0.3) is 30.6 Å². The van der Waals surface area contributed by atoms with Crippen LogP contribution in [0.2, 0.25) is 0 Å². The molecule has 1 aliphatic rings. The first-order valence-corrected chi connectivity index (χ1v) is 29.0. The molecule has 1 aliphatic heterocycles. The van der Waals surface area contributed by atoms with Crippen LogP contribution in [0.4, 0.5) is 0 Å². The summed E-state index contributed by atoms with van der Waals surface area (Å²) >= 11 is 20.3. The molecule has 4 heterocycles. The zero-order chi connectivity index (χ0) is 54.4. The van der Waals surface area contributed by atoms with Gasteiger partial charge in [0.2, 0.25) is 0 Å². The van der Waals surface area contributed by atoms with Crippen LogP contribution in [0.5, 0.6) is 17.2 Å². The number of thiol groups is 1. The summed E-state index contributed by atoms with van der Waals surface area (Å²) < 4.78 is 14.3. The minimum absolute atomic E-state index is 0. The number of fused-ring (bicyclic) bond motifs is 3. The van der Waals surface area contributed by atoms with Crippen molar-refractivity contribution in [3.8, 4) is 29.4 Å². The van der Waals surface area contributed by atoms with Crippen molar-refractivity contribution >= 4 is 178 Å². The van der Waals surface area contributed by atoms with Gasteiger partial charge in [-0.15, -0.1) is 69.8 Å². The van der Waals surface area contributed by atoms with Crippen LogP contribution in [0.15, 0.2) is 59.6 Å². The number of nitrogens with zero attached hydrogens (tertiary/aromatic N) is 6. The summed E-state index contributed by atoms with van der Waals surface area (Å²) in [6.07, 6.45) is 0. The minimum Gasteiger partial charge on any atom is -1.00 e. The number of ether oxygens (including phenoxy) is 2. The van der Waals surface area contributed by atoms with Gasteiger partial charge in [-0.1, -0.05) is 20.8 Å². The molecule has 3 aromatic carbocycles. The van der Waals surface area contributed by atoms with E-state index in [0.717, 1.165) is 86.8 Å². The number of carbonyl (C=O) groups excluding carboxylic acids is 2. The van der Waals surface area contributed by atoms with Gasteiger partial charge in [0.1, 0.15) is 45.5 Å². The Morgan fingerprint density at radius 3 is 1.56 bits per heavy atom. The average molecular weight is 1520 g/mol. The summed E-state index contributed by atoms with van der Waals surface area (Å²) in [5, 5.41) is 62.7. The van der Waals surface area contributed by atoms with Crippen molar-refractivity contribution in [1.82, 2.24) is 15.0 Å². The molecule has 6 aromatic rings. The number of carbonyl (C=O) groups is 4. The Bertz CT molecular complexity index is 2720. The fourth-order valence-electron chi connectivity index (χ4n) is 4.71. The third-order valence-electron chi connectivity index (χ3n) is 7.82. The average Bonchev–Trinajstić information content (AvgIpc) is 4.24. The molecule has 80 heavy (non-hydrogen) atoms. The molecule has 36 heteroatoms. The molecule has 0 radical (unpaired) electrons.